The van der Waals surface area contributed by atoms with Gasteiger partial charge in [0.2, 0.25) is 42.0 Å². The summed E-state index contributed by atoms with van der Waals surface area (Å²) < 4.78 is 15.6. The summed E-state index contributed by atoms with van der Waals surface area (Å²) >= 11 is 1.34. The molecule has 1 saturated carbocycles. The molecule has 30 nitrogen and oxygen atoms in total. The van der Waals surface area contributed by atoms with Crippen LogP contribution in [0.4, 0.5) is 5.69 Å². The van der Waals surface area contributed by atoms with Crippen molar-refractivity contribution < 1.29 is 122 Å². The van der Waals surface area contributed by atoms with E-state index >= 15 is 0 Å². The summed E-state index contributed by atoms with van der Waals surface area (Å²) in [5.74, 6) is -9.68. The van der Waals surface area contributed by atoms with Gasteiger partial charge in [-0.05, 0) is 86.7 Å². The van der Waals surface area contributed by atoms with Gasteiger partial charge in [-0.2, -0.15) is 0 Å². The average Bonchev–Trinajstić information content (AvgIpc) is 1.62. The molecule has 0 spiro atoms. The van der Waals surface area contributed by atoms with Crippen LogP contribution < -0.4 is 70.5 Å². The van der Waals surface area contributed by atoms with Crippen LogP contribution in [0.15, 0.2) is 66.7 Å². The zero-order valence-corrected chi connectivity index (χ0v) is 55.5. The van der Waals surface area contributed by atoms with Gasteiger partial charge < -0.3 is 96.1 Å². The second-order valence-electron chi connectivity index (χ2n) is 24.0. The Morgan fingerprint density at radius 2 is 1.40 bits per heavy atom. The third-order valence-corrected chi connectivity index (χ3v) is 18.7. The third-order valence-electron chi connectivity index (χ3n) is 17.3. The number of aliphatic hydroxyl groups is 6. The number of benzene rings is 3. The van der Waals surface area contributed by atoms with Gasteiger partial charge in [0.15, 0.2) is 17.6 Å². The fourth-order valence-electron chi connectivity index (χ4n) is 12.3. The quantitative estimate of drug-likeness (QED) is 0.0119. The number of piperidine rings is 1. The first-order valence-corrected chi connectivity index (χ1v) is 32.2. The summed E-state index contributed by atoms with van der Waals surface area (Å²) in [6.07, 6.45) is -3.69. The van der Waals surface area contributed by atoms with Gasteiger partial charge in [-0.3, -0.25) is 38.6 Å². The van der Waals surface area contributed by atoms with Gasteiger partial charge in [0.25, 0.3) is 18.2 Å². The Morgan fingerprint density at radius 1 is 0.777 bits per heavy atom. The monoisotopic (exact) mass is 1350 g/mol. The van der Waals surface area contributed by atoms with E-state index < -0.39 is 165 Å². The van der Waals surface area contributed by atoms with Crippen LogP contribution in [-0.2, 0) is 49.3 Å². The normalized spacial score (nSPS) is 26.6. The number of hydrogen-bond acceptors (Lipinski definition) is 24. The number of nitrogens with zero attached hydrogens (tertiary/aromatic N) is 6. The van der Waals surface area contributed by atoms with Gasteiger partial charge in [-0.25, -0.2) is 6.57 Å². The number of rotatable bonds is 17. The van der Waals surface area contributed by atoms with Crippen molar-refractivity contribution in [3.63, 3.8) is 0 Å². The first kappa shape index (κ1) is 73.2. The fourth-order valence-corrected chi connectivity index (χ4v) is 13.4. The first-order chi connectivity index (χ1) is 44.6. The van der Waals surface area contributed by atoms with E-state index in [1.54, 1.807) is 12.1 Å². The molecule has 7 amide bonds. The molecule has 5 fully saturated rings. The molecular formula is C61H76N11NaO19S2. The molecule has 13 atom stereocenters. The summed E-state index contributed by atoms with van der Waals surface area (Å²) in [4.78, 5) is 108. The van der Waals surface area contributed by atoms with Crippen molar-refractivity contribution in [3.05, 3.63) is 89.3 Å². The Morgan fingerprint density at radius 3 is 2.05 bits per heavy atom. The van der Waals surface area contributed by atoms with Crippen molar-refractivity contribution in [1.29, 1.82) is 0 Å². The smallest absolute Gasteiger partial charge is 0.691 e. The number of ether oxygens (including phenoxy) is 1. The van der Waals surface area contributed by atoms with E-state index in [0.29, 0.717) is 21.7 Å². The number of carbonyl (C=O) groups is 7. The molecule has 1 aromatic heterocycles. The summed E-state index contributed by atoms with van der Waals surface area (Å²) in [6, 6.07) is 6.35. The number of aliphatic hydroxyl groups excluding tert-OH is 6. The Hall–Kier alpha value is -6.65. The van der Waals surface area contributed by atoms with Crippen molar-refractivity contribution in [1.82, 2.24) is 46.6 Å². The second-order valence-corrected chi connectivity index (χ2v) is 25.5. The number of β-amino-alcohol motifs (C(OH)–C–C–N with tert-alkyl or cyclic N) is 1. The summed E-state index contributed by atoms with van der Waals surface area (Å²) in [5.41, 5.74) is 2.68. The first-order valence-electron chi connectivity index (χ1n) is 30.7. The maximum atomic E-state index is 14.7. The van der Waals surface area contributed by atoms with Crippen LogP contribution in [0.5, 0.6) is 11.5 Å². The van der Waals surface area contributed by atoms with E-state index in [1.165, 1.54) is 55.7 Å². The molecule has 4 saturated heterocycles. The van der Waals surface area contributed by atoms with Crippen LogP contribution in [0.1, 0.15) is 87.6 Å². The SMILES string of the molecule is [C-]#[N+]C[C@@H](O)[C@@H]1NC(=O)[C@H]([C@H](O)Cc2ccc(O)c(OSOO[O-])c2)NC(=O)[C@@H]2C[C@H](O)CN2C(=O)[C@H]([C@H](C)O)NC(=O)[C@@H](NC(=O)c2ccc(-c3nnc(-c4ccc(N5CCC(OC6CCCCC6)CC5)cc4)s3)cc2)C[C@H](O)CNC(=O)[C@@H]2[C@@H](O)[C@H](C)CN2C1=O.[Na+]. The van der Waals surface area contributed by atoms with Crippen LogP contribution in [0.3, 0.4) is 0 Å². The van der Waals surface area contributed by atoms with Gasteiger partial charge >= 0.3 is 29.6 Å². The number of aromatic nitrogens is 2. The Kier molecular flexibility index (Phi) is 26.3. The molecule has 4 aromatic rings. The Bertz CT molecular complexity index is 3320. The van der Waals surface area contributed by atoms with Crippen molar-refractivity contribution in [2.24, 2.45) is 5.92 Å². The number of amides is 7. The summed E-state index contributed by atoms with van der Waals surface area (Å²) in [6.45, 7) is 9.43. The minimum atomic E-state index is -2.16. The summed E-state index contributed by atoms with van der Waals surface area (Å²) in [5, 5.41) is 114. The molecular weight excluding hydrogens is 1280 g/mol. The number of fused-ring (bicyclic) bond motifs is 2. The Labute approximate surface area is 571 Å². The van der Waals surface area contributed by atoms with E-state index in [2.05, 4.69) is 68.0 Å². The maximum Gasteiger partial charge on any atom is 1.00 e. The zero-order chi connectivity index (χ0) is 66.6. The minimum absolute atomic E-state index is 0. The van der Waals surface area contributed by atoms with Crippen molar-refractivity contribution in [3.8, 4) is 32.6 Å². The van der Waals surface area contributed by atoms with Gasteiger partial charge in [-0.1, -0.05) is 55.7 Å². The molecule has 0 radical (unpaired) electrons. The molecule has 4 aliphatic heterocycles. The molecule has 3 aromatic carbocycles. The van der Waals surface area contributed by atoms with Crippen molar-refractivity contribution in [2.75, 3.05) is 44.2 Å². The van der Waals surface area contributed by atoms with E-state index in [-0.39, 0.29) is 71.4 Å². The van der Waals surface area contributed by atoms with Gasteiger partial charge in [0, 0.05) is 80.3 Å². The number of carbonyl (C=O) groups excluding carboxylic acids is 7. The molecule has 0 bridgehead atoms. The zero-order valence-electron chi connectivity index (χ0n) is 51.9. The molecule has 33 heteroatoms. The molecule has 5 aliphatic rings. The largest absolute Gasteiger partial charge is 1.00 e. The number of hydrogen-bond donors (Lipinski definition) is 12. The van der Waals surface area contributed by atoms with Gasteiger partial charge in [-0.15, -0.1) is 14.5 Å². The van der Waals surface area contributed by atoms with Crippen LogP contribution in [0.2, 0.25) is 0 Å². The number of phenols is 1. The van der Waals surface area contributed by atoms with E-state index in [0.717, 1.165) is 78.9 Å². The van der Waals surface area contributed by atoms with E-state index in [4.69, 9.17) is 15.5 Å². The van der Waals surface area contributed by atoms with Crippen LogP contribution >= 0.6 is 23.7 Å². The Balaban J connectivity index is 0.0000113. The molecule has 5 heterocycles. The predicted molar refractivity (Wildman–Crippen MR) is 329 cm³/mol. The number of aromatic hydroxyl groups is 1. The van der Waals surface area contributed by atoms with Gasteiger partial charge in [0.1, 0.15) is 46.3 Å². The van der Waals surface area contributed by atoms with Crippen LogP contribution in [-0.4, -0.2) is 221 Å². The molecule has 502 valence electrons. The number of nitrogens with one attached hydrogen (secondary N) is 5. The average molecular weight is 1350 g/mol. The minimum Gasteiger partial charge on any atom is -0.691 e. The topological polar surface area (TPSA) is 421 Å². The van der Waals surface area contributed by atoms with Crippen LogP contribution in [0.25, 0.3) is 26.0 Å². The van der Waals surface area contributed by atoms with Crippen molar-refractivity contribution >= 4 is 70.7 Å². The van der Waals surface area contributed by atoms with Crippen LogP contribution in [0, 0.1) is 12.5 Å². The predicted octanol–water partition coefficient (Wildman–Crippen LogP) is -4.07. The fraction of sp³-hybridized carbons (Fsp3) is 0.541. The standard InChI is InChI=1S/C61H77N11O19S2.Na/c1-31-29-72-51(52(31)79)57(84)63-27-38(74)25-42(64-53(80)34-10-12-35(13-11-34)58-68-69-59(92-58)36-14-16-37(17-15-36)70-21-19-41(20-22-70)88-40-7-5-4-6-8-40)54(81)65-48(32(2)73)60(85)71-30-39(75)26-43(71)55(82)66-49(56(83)67-50(61(72)86)46(78)28-62-3)45(77)23-33-9-18-44(76)47(24-33)89-93-91-90-87;/h9-18,24,31-32,38-43,45-46,48-52,73-79,87H,4-8,19-23,25-30H2,1-2H3,(H,63,84)(H,64,80)(H,65,81)(H,66,82)(H,67,83);/q;+1/p-1/t31-,32+,38+,39+,42+,43+,45-,46-,48+,49+,50+,51+,52+;/m1./s1. The molecule has 12 N–H and O–H groups in total. The molecule has 0 unspecified atom stereocenters. The summed E-state index contributed by atoms with van der Waals surface area (Å²) in [7, 11) is 0. The molecule has 1 aliphatic carbocycles. The molecule has 94 heavy (non-hydrogen) atoms. The maximum absolute atomic E-state index is 14.7. The van der Waals surface area contributed by atoms with Crippen molar-refractivity contribution in [2.45, 2.75) is 163 Å². The van der Waals surface area contributed by atoms with Gasteiger partial charge in [0.05, 0.1) is 42.7 Å². The molecule has 9 rings (SSSR count). The van der Waals surface area contributed by atoms with E-state index in [9.17, 15) is 74.6 Å². The second kappa shape index (κ2) is 33.8. The third kappa shape index (κ3) is 18.3. The van der Waals surface area contributed by atoms with E-state index in [1.807, 2.05) is 12.1 Å². The number of phenolic OH excluding ortho intramolecular Hbond substituents is 1. The number of anilines is 1.